The molecule has 5 nitrogen and oxygen atoms in total. The number of aromatic amines is 1. The van der Waals surface area contributed by atoms with Gasteiger partial charge in [-0.2, -0.15) is 0 Å². The van der Waals surface area contributed by atoms with Gasteiger partial charge in [0.15, 0.2) is 0 Å². The van der Waals surface area contributed by atoms with E-state index < -0.39 is 0 Å². The minimum atomic E-state index is 0.457. The van der Waals surface area contributed by atoms with E-state index in [4.69, 9.17) is 10.5 Å². The van der Waals surface area contributed by atoms with Gasteiger partial charge >= 0.3 is 0 Å². The van der Waals surface area contributed by atoms with Crippen molar-refractivity contribution in [3.8, 4) is 11.8 Å². The molecule has 2 rings (SSSR count). The number of nitrogens with two attached hydrogens (primary N) is 1. The molecule has 0 atom stereocenters. The highest BCUT2D eigenvalue weighted by Crippen LogP contribution is 2.31. The third-order valence-electron chi connectivity index (χ3n) is 2.15. The summed E-state index contributed by atoms with van der Waals surface area (Å²) in [6, 6.07) is 1.79. The van der Waals surface area contributed by atoms with Crippen LogP contribution in [0.15, 0.2) is 16.7 Å². The molecule has 0 unspecified atom stereocenters. The number of nitrogen functional groups attached to an aromatic ring is 1. The van der Waals surface area contributed by atoms with Gasteiger partial charge in [-0.15, -0.1) is 5.10 Å². The van der Waals surface area contributed by atoms with Crippen molar-refractivity contribution in [2.45, 2.75) is 13.8 Å². The summed E-state index contributed by atoms with van der Waals surface area (Å²) in [5.74, 6) is 0.938. The van der Waals surface area contributed by atoms with Gasteiger partial charge in [-0.05, 0) is 35.3 Å². The molecule has 0 aliphatic carbocycles. The van der Waals surface area contributed by atoms with E-state index in [-0.39, 0.29) is 0 Å². The van der Waals surface area contributed by atoms with E-state index in [0.29, 0.717) is 17.4 Å². The predicted molar refractivity (Wildman–Crippen MR) is 64.5 cm³/mol. The fourth-order valence-electron chi connectivity index (χ4n) is 1.18. The van der Waals surface area contributed by atoms with Gasteiger partial charge in [0.25, 0.3) is 0 Å². The Morgan fingerprint density at radius 1 is 1.44 bits per heavy atom. The summed E-state index contributed by atoms with van der Waals surface area (Å²) in [6.45, 7) is 3.79. The van der Waals surface area contributed by atoms with Crippen LogP contribution in [0.1, 0.15) is 11.3 Å². The van der Waals surface area contributed by atoms with E-state index >= 15 is 0 Å². The summed E-state index contributed by atoms with van der Waals surface area (Å²) in [4.78, 5) is 4.10. The normalized spacial score (nSPS) is 10.4. The summed E-state index contributed by atoms with van der Waals surface area (Å²) >= 11 is 3.39. The first-order valence-corrected chi connectivity index (χ1v) is 5.47. The van der Waals surface area contributed by atoms with Crippen molar-refractivity contribution in [3.63, 3.8) is 0 Å². The minimum absolute atomic E-state index is 0.457. The third kappa shape index (κ3) is 2.01. The maximum atomic E-state index is 5.72. The molecule has 0 amide bonds. The molecule has 3 N–H and O–H groups in total. The molecular weight excluding hydrogens is 272 g/mol. The van der Waals surface area contributed by atoms with E-state index in [9.17, 15) is 0 Å². The molecule has 6 heteroatoms. The number of aryl methyl sites for hydroxylation is 1. The zero-order valence-corrected chi connectivity index (χ0v) is 10.5. The molecule has 0 spiro atoms. The lowest BCUT2D eigenvalue weighted by molar-refractivity contribution is 0.440. The monoisotopic (exact) mass is 282 g/mol. The maximum Gasteiger partial charge on any atom is 0.240 e. The molecule has 0 saturated carbocycles. The molecule has 2 aromatic heterocycles. The SMILES string of the molecule is Cc1cc(Oc2ncc(N)c(C)c2Br)n[nH]1. The molecule has 0 aromatic carbocycles. The van der Waals surface area contributed by atoms with Crippen LogP contribution >= 0.6 is 15.9 Å². The second-order valence-electron chi connectivity index (χ2n) is 3.45. The molecule has 0 fully saturated rings. The summed E-state index contributed by atoms with van der Waals surface area (Å²) in [7, 11) is 0. The van der Waals surface area contributed by atoms with Gasteiger partial charge < -0.3 is 10.5 Å². The van der Waals surface area contributed by atoms with E-state index in [1.807, 2.05) is 13.8 Å². The van der Waals surface area contributed by atoms with Crippen LogP contribution in [-0.2, 0) is 0 Å². The summed E-state index contributed by atoms with van der Waals surface area (Å²) in [6.07, 6.45) is 1.56. The predicted octanol–water partition coefficient (Wildman–Crippen LogP) is 2.56. The lowest BCUT2D eigenvalue weighted by atomic mass is 10.2. The van der Waals surface area contributed by atoms with Crippen LogP contribution in [0.4, 0.5) is 5.69 Å². The average molecular weight is 283 g/mol. The Labute approximate surface area is 101 Å². The van der Waals surface area contributed by atoms with Crippen LogP contribution in [0, 0.1) is 13.8 Å². The van der Waals surface area contributed by atoms with Crippen LogP contribution in [-0.4, -0.2) is 15.2 Å². The van der Waals surface area contributed by atoms with Crippen LogP contribution in [0.3, 0.4) is 0 Å². The number of halogens is 1. The molecule has 2 heterocycles. The number of anilines is 1. The first-order chi connectivity index (χ1) is 7.58. The number of pyridine rings is 1. The average Bonchev–Trinajstić information content (AvgIpc) is 2.65. The molecule has 0 aliphatic heterocycles. The Balaban J connectivity index is 2.32. The highest BCUT2D eigenvalue weighted by molar-refractivity contribution is 9.10. The number of nitrogens with one attached hydrogen (secondary N) is 1. The van der Waals surface area contributed by atoms with Gasteiger partial charge in [0, 0.05) is 11.8 Å². The first-order valence-electron chi connectivity index (χ1n) is 4.68. The highest BCUT2D eigenvalue weighted by Gasteiger charge is 2.10. The number of hydrogen-bond acceptors (Lipinski definition) is 4. The van der Waals surface area contributed by atoms with E-state index in [0.717, 1.165) is 15.7 Å². The molecular formula is C10H11BrN4O. The Kier molecular flexibility index (Phi) is 2.82. The molecule has 0 radical (unpaired) electrons. The zero-order chi connectivity index (χ0) is 11.7. The van der Waals surface area contributed by atoms with Gasteiger partial charge in [0.05, 0.1) is 16.4 Å². The van der Waals surface area contributed by atoms with Gasteiger partial charge in [0.2, 0.25) is 11.8 Å². The first kappa shape index (κ1) is 10.9. The van der Waals surface area contributed by atoms with Crippen molar-refractivity contribution >= 4 is 21.6 Å². The molecule has 16 heavy (non-hydrogen) atoms. The number of hydrogen-bond donors (Lipinski definition) is 2. The largest absolute Gasteiger partial charge is 0.418 e. The van der Waals surface area contributed by atoms with Crippen LogP contribution in [0.25, 0.3) is 0 Å². The summed E-state index contributed by atoms with van der Waals surface area (Å²) in [5.41, 5.74) is 8.17. The van der Waals surface area contributed by atoms with Gasteiger partial charge in [0.1, 0.15) is 0 Å². The smallest absolute Gasteiger partial charge is 0.240 e. The lowest BCUT2D eigenvalue weighted by Crippen LogP contribution is -1.96. The molecule has 0 bridgehead atoms. The second-order valence-corrected chi connectivity index (χ2v) is 4.24. The van der Waals surface area contributed by atoms with Gasteiger partial charge in [-0.3, -0.25) is 5.10 Å². The number of rotatable bonds is 2. The number of nitrogens with zero attached hydrogens (tertiary/aromatic N) is 2. The van der Waals surface area contributed by atoms with Crippen molar-refractivity contribution in [2.24, 2.45) is 0 Å². The van der Waals surface area contributed by atoms with Gasteiger partial charge in [-0.1, -0.05) is 0 Å². The Morgan fingerprint density at radius 2 is 2.19 bits per heavy atom. The quantitative estimate of drug-likeness (QED) is 0.888. The molecule has 0 saturated heterocycles. The highest BCUT2D eigenvalue weighted by atomic mass is 79.9. The van der Waals surface area contributed by atoms with Crippen LogP contribution in [0.2, 0.25) is 0 Å². The van der Waals surface area contributed by atoms with Crippen LogP contribution in [0.5, 0.6) is 11.8 Å². The molecule has 84 valence electrons. The summed E-state index contributed by atoms with van der Waals surface area (Å²) < 4.78 is 6.25. The standard InChI is InChI=1S/C10H11BrN4O/c1-5-3-8(15-14-5)16-10-9(11)6(2)7(12)4-13-10/h3-4H,12H2,1-2H3,(H,14,15). The fourth-order valence-corrected chi connectivity index (χ4v) is 1.60. The molecule has 2 aromatic rings. The lowest BCUT2D eigenvalue weighted by Gasteiger charge is -2.07. The van der Waals surface area contributed by atoms with Gasteiger partial charge in [-0.25, -0.2) is 4.98 Å². The number of aromatic nitrogens is 3. The Bertz CT molecular complexity index is 524. The third-order valence-corrected chi connectivity index (χ3v) is 3.09. The van der Waals surface area contributed by atoms with Crippen molar-refractivity contribution in [1.29, 1.82) is 0 Å². The Morgan fingerprint density at radius 3 is 2.81 bits per heavy atom. The second kappa shape index (κ2) is 4.13. The van der Waals surface area contributed by atoms with Crippen molar-refractivity contribution in [2.75, 3.05) is 5.73 Å². The van der Waals surface area contributed by atoms with Crippen molar-refractivity contribution in [1.82, 2.24) is 15.2 Å². The molecule has 0 aliphatic rings. The summed E-state index contributed by atoms with van der Waals surface area (Å²) in [5, 5.41) is 6.76. The number of ether oxygens (including phenoxy) is 1. The van der Waals surface area contributed by atoms with Crippen molar-refractivity contribution in [3.05, 3.63) is 28.0 Å². The van der Waals surface area contributed by atoms with E-state index in [1.54, 1.807) is 12.3 Å². The minimum Gasteiger partial charge on any atom is -0.418 e. The van der Waals surface area contributed by atoms with Crippen molar-refractivity contribution < 1.29 is 4.74 Å². The number of H-pyrrole nitrogens is 1. The van der Waals surface area contributed by atoms with E-state index in [2.05, 4.69) is 31.1 Å². The zero-order valence-electron chi connectivity index (χ0n) is 8.91. The fraction of sp³-hybridized carbons (Fsp3) is 0.200. The Hall–Kier alpha value is -1.56. The maximum absolute atomic E-state index is 5.72. The van der Waals surface area contributed by atoms with Crippen LogP contribution < -0.4 is 10.5 Å². The van der Waals surface area contributed by atoms with E-state index in [1.165, 1.54) is 0 Å². The topological polar surface area (TPSA) is 76.8 Å².